The van der Waals surface area contributed by atoms with Gasteiger partial charge in [-0.25, -0.2) is 0 Å². The lowest BCUT2D eigenvalue weighted by Gasteiger charge is -2.31. The summed E-state index contributed by atoms with van der Waals surface area (Å²) < 4.78 is 0. The molecule has 1 aliphatic rings. The summed E-state index contributed by atoms with van der Waals surface area (Å²) in [5.74, 6) is -0.164. The predicted molar refractivity (Wildman–Crippen MR) is 76.7 cm³/mol. The first-order chi connectivity index (χ1) is 9.50. The van der Waals surface area contributed by atoms with Crippen LogP contribution in [0, 0.1) is 12.8 Å². The van der Waals surface area contributed by atoms with E-state index in [-0.39, 0.29) is 29.1 Å². The third-order valence-corrected chi connectivity index (χ3v) is 4.11. The van der Waals surface area contributed by atoms with Crippen molar-refractivity contribution in [1.82, 2.24) is 9.88 Å². The van der Waals surface area contributed by atoms with Gasteiger partial charge in [0, 0.05) is 25.7 Å². The second kappa shape index (κ2) is 6.22. The minimum atomic E-state index is -0.356. The molecule has 0 aromatic carbocycles. The average Bonchev–Trinajstić information content (AvgIpc) is 2.41. The van der Waals surface area contributed by atoms with Crippen molar-refractivity contribution in [2.24, 2.45) is 5.92 Å². The molecule has 1 aliphatic carbocycles. The van der Waals surface area contributed by atoms with Crippen LogP contribution in [-0.4, -0.2) is 40.6 Å². The molecular weight excluding hydrogens is 256 g/mol. The third-order valence-electron chi connectivity index (χ3n) is 4.11. The van der Waals surface area contributed by atoms with Gasteiger partial charge in [0.05, 0.1) is 6.10 Å². The van der Waals surface area contributed by atoms with Crippen LogP contribution in [0.15, 0.2) is 17.1 Å². The first-order valence-corrected chi connectivity index (χ1v) is 7.12. The zero-order valence-corrected chi connectivity index (χ0v) is 12.1. The molecule has 0 spiro atoms. The lowest BCUT2D eigenvalue weighted by atomic mass is 9.86. The van der Waals surface area contributed by atoms with Crippen molar-refractivity contribution in [2.45, 2.75) is 38.7 Å². The molecule has 1 aromatic rings. The highest BCUT2D eigenvalue weighted by Gasteiger charge is 2.27. The maximum Gasteiger partial charge on any atom is 0.261 e. The SMILES string of the molecule is Cc1cc[nH]c(=O)c1C(=O)N(C)CC1CCCCC1O. The van der Waals surface area contributed by atoms with E-state index in [0.29, 0.717) is 12.1 Å². The van der Waals surface area contributed by atoms with Gasteiger partial charge in [0.2, 0.25) is 0 Å². The standard InChI is InChI=1S/C15H22N2O3/c1-10-7-8-16-14(19)13(10)15(20)17(2)9-11-5-3-4-6-12(11)18/h7-8,11-12,18H,3-6,9H2,1-2H3,(H,16,19). The van der Waals surface area contributed by atoms with Gasteiger partial charge in [-0.05, 0) is 31.4 Å². The molecule has 0 radical (unpaired) electrons. The number of hydrogen-bond acceptors (Lipinski definition) is 3. The number of aromatic amines is 1. The molecule has 5 heteroatoms. The highest BCUT2D eigenvalue weighted by molar-refractivity contribution is 5.95. The van der Waals surface area contributed by atoms with Gasteiger partial charge in [-0.1, -0.05) is 12.8 Å². The largest absolute Gasteiger partial charge is 0.393 e. The number of nitrogens with zero attached hydrogens (tertiary/aromatic N) is 1. The molecule has 0 bridgehead atoms. The number of amides is 1. The molecule has 1 saturated carbocycles. The molecule has 2 rings (SSSR count). The highest BCUT2D eigenvalue weighted by atomic mass is 16.3. The number of hydrogen-bond donors (Lipinski definition) is 2. The van der Waals surface area contributed by atoms with E-state index in [0.717, 1.165) is 25.7 Å². The van der Waals surface area contributed by atoms with Gasteiger partial charge in [0.25, 0.3) is 11.5 Å². The lowest BCUT2D eigenvalue weighted by Crippen LogP contribution is -2.40. The lowest BCUT2D eigenvalue weighted by molar-refractivity contribution is 0.0450. The molecule has 2 atom stereocenters. The fourth-order valence-corrected chi connectivity index (χ4v) is 2.87. The van der Waals surface area contributed by atoms with Crippen molar-refractivity contribution in [3.8, 4) is 0 Å². The number of carbonyl (C=O) groups is 1. The first kappa shape index (κ1) is 14.8. The number of aromatic nitrogens is 1. The molecule has 2 N–H and O–H groups in total. The maximum atomic E-state index is 12.4. The van der Waals surface area contributed by atoms with Crippen LogP contribution >= 0.6 is 0 Å². The van der Waals surface area contributed by atoms with Crippen molar-refractivity contribution < 1.29 is 9.90 Å². The molecule has 0 saturated heterocycles. The van der Waals surface area contributed by atoms with Crippen molar-refractivity contribution in [3.05, 3.63) is 33.7 Å². The Labute approximate surface area is 118 Å². The smallest absolute Gasteiger partial charge is 0.261 e. The Bertz CT molecular complexity index is 538. The summed E-state index contributed by atoms with van der Waals surface area (Å²) in [5.41, 5.74) is 0.515. The van der Waals surface area contributed by atoms with Gasteiger partial charge in [0.15, 0.2) is 0 Å². The summed E-state index contributed by atoms with van der Waals surface area (Å²) in [4.78, 5) is 28.3. The fourth-order valence-electron chi connectivity index (χ4n) is 2.87. The number of aliphatic hydroxyl groups is 1. The summed E-state index contributed by atoms with van der Waals surface area (Å²) in [7, 11) is 1.69. The third kappa shape index (κ3) is 3.10. The van der Waals surface area contributed by atoms with E-state index in [1.807, 2.05) is 0 Å². The zero-order chi connectivity index (χ0) is 14.7. The number of aryl methyl sites for hydroxylation is 1. The number of rotatable bonds is 3. The fraction of sp³-hybridized carbons (Fsp3) is 0.600. The van der Waals surface area contributed by atoms with Crippen LogP contribution in [0.4, 0.5) is 0 Å². The summed E-state index contributed by atoms with van der Waals surface area (Å²) >= 11 is 0. The highest BCUT2D eigenvalue weighted by Crippen LogP contribution is 2.25. The number of aliphatic hydroxyl groups excluding tert-OH is 1. The van der Waals surface area contributed by atoms with Crippen LogP contribution in [0.5, 0.6) is 0 Å². The second-order valence-corrected chi connectivity index (χ2v) is 5.66. The topological polar surface area (TPSA) is 73.4 Å². The number of H-pyrrole nitrogens is 1. The van der Waals surface area contributed by atoms with Crippen LogP contribution in [-0.2, 0) is 0 Å². The van der Waals surface area contributed by atoms with Gasteiger partial charge in [-0.2, -0.15) is 0 Å². The molecule has 1 fully saturated rings. The van der Waals surface area contributed by atoms with E-state index in [9.17, 15) is 14.7 Å². The molecule has 0 aliphatic heterocycles. The normalized spacial score (nSPS) is 22.6. The van der Waals surface area contributed by atoms with Crippen LogP contribution in [0.1, 0.15) is 41.6 Å². The summed E-state index contributed by atoms with van der Waals surface area (Å²) in [6.45, 7) is 2.25. The van der Waals surface area contributed by atoms with Gasteiger partial charge in [0.1, 0.15) is 5.56 Å². The van der Waals surface area contributed by atoms with Gasteiger partial charge in [-0.15, -0.1) is 0 Å². The Morgan fingerprint density at radius 3 is 2.80 bits per heavy atom. The second-order valence-electron chi connectivity index (χ2n) is 5.66. The van der Waals surface area contributed by atoms with Crippen LogP contribution in [0.3, 0.4) is 0 Å². The van der Waals surface area contributed by atoms with E-state index in [2.05, 4.69) is 4.98 Å². The van der Waals surface area contributed by atoms with E-state index in [4.69, 9.17) is 0 Å². The van der Waals surface area contributed by atoms with Gasteiger partial charge in [-0.3, -0.25) is 9.59 Å². The molecule has 1 aromatic heterocycles. The average molecular weight is 278 g/mol. The Kier molecular flexibility index (Phi) is 4.60. The molecule has 110 valence electrons. The Morgan fingerprint density at radius 2 is 2.15 bits per heavy atom. The monoisotopic (exact) mass is 278 g/mol. The van der Waals surface area contributed by atoms with Gasteiger partial charge >= 0.3 is 0 Å². The van der Waals surface area contributed by atoms with Crippen LogP contribution < -0.4 is 5.56 Å². The molecule has 1 amide bonds. The van der Waals surface area contributed by atoms with Crippen LogP contribution in [0.2, 0.25) is 0 Å². The van der Waals surface area contributed by atoms with Crippen molar-refractivity contribution in [2.75, 3.05) is 13.6 Å². The van der Waals surface area contributed by atoms with E-state index in [1.165, 1.54) is 0 Å². The molecular formula is C15H22N2O3. The van der Waals surface area contributed by atoms with E-state index in [1.54, 1.807) is 31.1 Å². The molecule has 5 nitrogen and oxygen atoms in total. The molecule has 1 heterocycles. The number of carbonyl (C=O) groups excluding carboxylic acids is 1. The summed E-state index contributed by atoms with van der Waals surface area (Å²) in [6.07, 6.45) is 5.08. The van der Waals surface area contributed by atoms with Crippen molar-refractivity contribution in [1.29, 1.82) is 0 Å². The molecule has 20 heavy (non-hydrogen) atoms. The minimum absolute atomic E-state index is 0.112. The molecule has 2 unspecified atom stereocenters. The Hall–Kier alpha value is -1.62. The van der Waals surface area contributed by atoms with E-state index >= 15 is 0 Å². The van der Waals surface area contributed by atoms with E-state index < -0.39 is 0 Å². The number of nitrogens with one attached hydrogen (secondary N) is 1. The van der Waals surface area contributed by atoms with Crippen molar-refractivity contribution in [3.63, 3.8) is 0 Å². The maximum absolute atomic E-state index is 12.4. The quantitative estimate of drug-likeness (QED) is 0.875. The first-order valence-electron chi connectivity index (χ1n) is 7.12. The van der Waals surface area contributed by atoms with Crippen LogP contribution in [0.25, 0.3) is 0 Å². The summed E-state index contributed by atoms with van der Waals surface area (Å²) in [5, 5.41) is 9.97. The Balaban J connectivity index is 2.11. The summed E-state index contributed by atoms with van der Waals surface area (Å²) in [6, 6.07) is 1.72. The number of pyridine rings is 1. The van der Waals surface area contributed by atoms with Gasteiger partial charge < -0.3 is 15.0 Å². The zero-order valence-electron chi connectivity index (χ0n) is 12.1. The minimum Gasteiger partial charge on any atom is -0.393 e. The Morgan fingerprint density at radius 1 is 1.45 bits per heavy atom. The predicted octanol–water partition coefficient (Wildman–Crippen LogP) is 1.31. The van der Waals surface area contributed by atoms with Crippen molar-refractivity contribution >= 4 is 5.91 Å².